The van der Waals surface area contributed by atoms with E-state index < -0.39 is 60.0 Å². The number of nitrogens with zero attached hydrogens (tertiary/aromatic N) is 4. The fourth-order valence-electron chi connectivity index (χ4n) is 9.58. The minimum Gasteiger partial charge on any atom is -0.491 e. The Morgan fingerprint density at radius 1 is 0.756 bits per heavy atom. The fraction of sp³-hybridized carbons (Fsp3) is 0.383. The molecule has 3 atom stereocenters. The number of amides is 4. The van der Waals surface area contributed by atoms with Gasteiger partial charge >= 0.3 is 18.0 Å². The van der Waals surface area contributed by atoms with Crippen molar-refractivity contribution in [3.8, 4) is 21.9 Å². The number of carbonyl (C=O) groups excluding carboxylic acids is 5. The number of aromatic nitrogens is 3. The topological polar surface area (TPSA) is 260 Å². The van der Waals surface area contributed by atoms with Crippen LogP contribution < -0.4 is 26.0 Å². The van der Waals surface area contributed by atoms with Gasteiger partial charge in [-0.05, 0) is 119 Å². The van der Waals surface area contributed by atoms with Crippen LogP contribution >= 0.6 is 22.9 Å². The Bertz CT molecular complexity index is 3260. The first-order valence-electron chi connectivity index (χ1n) is 27.0. The van der Waals surface area contributed by atoms with Crippen molar-refractivity contribution < 1.29 is 57.6 Å². The zero-order valence-corrected chi connectivity index (χ0v) is 48.1. The number of hydrogen-bond donors (Lipinski definition) is 5. The lowest BCUT2D eigenvalue weighted by molar-refractivity contribution is -0.155. The normalized spacial score (nSPS) is 14.1. The number of nitrogens with one attached hydrogen (secondary N) is 4. The predicted molar refractivity (Wildman–Crippen MR) is 309 cm³/mol. The maximum Gasteiger partial charge on any atom is 0.407 e. The van der Waals surface area contributed by atoms with Gasteiger partial charge in [0.1, 0.15) is 53.5 Å². The van der Waals surface area contributed by atoms with E-state index in [0.29, 0.717) is 28.1 Å². The van der Waals surface area contributed by atoms with Gasteiger partial charge in [-0.1, -0.05) is 72.3 Å². The summed E-state index contributed by atoms with van der Waals surface area (Å²) in [4.78, 5) is 84.8. The number of hydrogen-bond acceptors (Lipinski definition) is 15. The lowest BCUT2D eigenvalue weighted by Crippen LogP contribution is -2.54. The standard InChI is InChI=1S/C60H67ClN8O12S/c1-35-36(2)82-58-53(35)54(38-15-17-39(61)18-16-38)64-49(55-68-67-37(3)69(55)58)33-50(70)63-40-19-21-41(22-20-40)79-32-31-78-30-29-77-28-27-62-56(74)47(24-26-52(73)81-60(4,5)6)65-57(75)48(23-25-51(71)72)66-59(76)80-34-46-44-13-9-7-11-42(44)43-12-8-10-14-45(43)46/h7-22,46-49H,23-34H2,1-6H3,(H,62,74)(H,63,70)(H,65,75)(H,66,76)(H,71,72)/t47-,48-,49+/m1/s1. The van der Waals surface area contributed by atoms with Crippen molar-refractivity contribution >= 4 is 70.1 Å². The average Bonchev–Trinajstić information content (AvgIpc) is 4.11. The Morgan fingerprint density at radius 2 is 1.39 bits per heavy atom. The van der Waals surface area contributed by atoms with Crippen LogP contribution in [0.4, 0.5) is 10.5 Å². The number of carboxylic acids is 1. The molecule has 0 saturated heterocycles. The third-order valence-electron chi connectivity index (χ3n) is 13.6. The van der Waals surface area contributed by atoms with Gasteiger partial charge in [-0.15, -0.1) is 21.5 Å². The Labute approximate surface area is 484 Å². The molecule has 0 spiro atoms. The number of thiophene rings is 1. The van der Waals surface area contributed by atoms with Crippen LogP contribution in [0.15, 0.2) is 102 Å². The monoisotopic (exact) mass is 1160 g/mol. The highest BCUT2D eigenvalue weighted by molar-refractivity contribution is 7.15. The van der Waals surface area contributed by atoms with Gasteiger partial charge in [-0.3, -0.25) is 33.5 Å². The summed E-state index contributed by atoms with van der Waals surface area (Å²) in [5, 5.41) is 30.7. The van der Waals surface area contributed by atoms with Gasteiger partial charge < -0.3 is 50.1 Å². The molecule has 432 valence electrons. The van der Waals surface area contributed by atoms with Gasteiger partial charge in [0, 0.05) is 52.0 Å². The maximum atomic E-state index is 13.8. The summed E-state index contributed by atoms with van der Waals surface area (Å²) in [5.41, 5.74) is 7.52. The number of carbonyl (C=O) groups is 6. The first kappa shape index (κ1) is 60.1. The maximum absolute atomic E-state index is 13.8. The Morgan fingerprint density at radius 3 is 2.06 bits per heavy atom. The Balaban J connectivity index is 0.761. The second-order valence-electron chi connectivity index (χ2n) is 20.7. The highest BCUT2D eigenvalue weighted by atomic mass is 35.5. The molecule has 2 aromatic heterocycles. The molecule has 20 nitrogen and oxygen atoms in total. The summed E-state index contributed by atoms with van der Waals surface area (Å²) in [5.74, 6) is -1.95. The van der Waals surface area contributed by atoms with Gasteiger partial charge in [0.2, 0.25) is 17.7 Å². The van der Waals surface area contributed by atoms with Crippen LogP contribution in [0, 0.1) is 20.8 Å². The van der Waals surface area contributed by atoms with E-state index in [4.69, 9.17) is 40.3 Å². The molecule has 82 heavy (non-hydrogen) atoms. The van der Waals surface area contributed by atoms with Gasteiger partial charge in [0.25, 0.3) is 0 Å². The quantitative estimate of drug-likeness (QED) is 0.0251. The number of rotatable bonds is 26. The van der Waals surface area contributed by atoms with Crippen LogP contribution in [0.1, 0.15) is 109 Å². The predicted octanol–water partition coefficient (Wildman–Crippen LogP) is 8.74. The third kappa shape index (κ3) is 15.7. The lowest BCUT2D eigenvalue weighted by Gasteiger charge is -2.24. The second kappa shape index (κ2) is 27.7. The molecule has 6 aromatic rings. The molecule has 4 amide bonds. The largest absolute Gasteiger partial charge is 0.491 e. The minimum atomic E-state index is -1.39. The fourth-order valence-corrected chi connectivity index (χ4v) is 10.9. The van der Waals surface area contributed by atoms with E-state index in [2.05, 4.69) is 45.3 Å². The molecule has 8 rings (SSSR count). The van der Waals surface area contributed by atoms with Crippen LogP contribution in [0.3, 0.4) is 0 Å². The molecule has 2 aliphatic rings. The zero-order valence-electron chi connectivity index (χ0n) is 46.5. The number of aryl methyl sites for hydroxylation is 2. The van der Waals surface area contributed by atoms with Crippen LogP contribution in [0.2, 0.25) is 5.02 Å². The highest BCUT2D eigenvalue weighted by Crippen LogP contribution is 2.45. The van der Waals surface area contributed by atoms with Gasteiger partial charge in [-0.2, -0.15) is 0 Å². The van der Waals surface area contributed by atoms with Crippen molar-refractivity contribution in [2.75, 3.05) is 51.5 Å². The first-order chi connectivity index (χ1) is 39.3. The van der Waals surface area contributed by atoms with Gasteiger partial charge in [0.05, 0.1) is 38.6 Å². The smallest absolute Gasteiger partial charge is 0.407 e. The number of aliphatic carboxylic acids is 1. The molecule has 0 fully saturated rings. The Hall–Kier alpha value is -7.98. The molecule has 4 aromatic carbocycles. The summed E-state index contributed by atoms with van der Waals surface area (Å²) in [6.07, 6.45) is -2.10. The van der Waals surface area contributed by atoms with Crippen molar-refractivity contribution in [2.45, 2.75) is 103 Å². The number of ether oxygens (including phenoxy) is 5. The SMILES string of the molecule is Cc1sc2c(c1C)C(c1ccc(Cl)cc1)=N[C@@H](CC(=O)Nc1ccc(OCCOCCOCCNC(=O)[C@@H](CCC(=O)OC(C)(C)C)NC(=O)[C@@H](CCC(=O)O)NC(=O)OCC3c4ccccc4-c4ccccc43)cc1)c1nnc(C)n1-2. The van der Waals surface area contributed by atoms with Crippen LogP contribution in [0.5, 0.6) is 5.75 Å². The van der Waals surface area contributed by atoms with Crippen molar-refractivity contribution in [3.63, 3.8) is 0 Å². The molecule has 0 unspecified atom stereocenters. The van der Waals surface area contributed by atoms with Crippen molar-refractivity contribution in [3.05, 3.63) is 146 Å². The van der Waals surface area contributed by atoms with E-state index in [1.54, 1.807) is 56.4 Å². The molecule has 0 bridgehead atoms. The lowest BCUT2D eigenvalue weighted by atomic mass is 9.98. The first-order valence-corrected chi connectivity index (χ1v) is 28.2. The molecule has 3 heterocycles. The van der Waals surface area contributed by atoms with Crippen molar-refractivity contribution in [1.82, 2.24) is 30.7 Å². The number of anilines is 1. The molecule has 22 heteroatoms. The number of benzene rings is 4. The van der Waals surface area contributed by atoms with Crippen LogP contribution in [0.25, 0.3) is 16.1 Å². The third-order valence-corrected chi connectivity index (χ3v) is 15.0. The highest BCUT2D eigenvalue weighted by Gasteiger charge is 2.34. The molecule has 1 aliphatic heterocycles. The second-order valence-corrected chi connectivity index (χ2v) is 22.3. The molecular weight excluding hydrogens is 1090 g/mol. The minimum absolute atomic E-state index is 0.0153. The van der Waals surface area contributed by atoms with E-state index in [-0.39, 0.29) is 83.7 Å². The Kier molecular flexibility index (Phi) is 20.3. The van der Waals surface area contributed by atoms with E-state index in [1.807, 2.05) is 84.3 Å². The summed E-state index contributed by atoms with van der Waals surface area (Å²) in [6.45, 7) is 12.1. The summed E-state index contributed by atoms with van der Waals surface area (Å²) < 4.78 is 30.2. The molecular formula is C60H67ClN8O12S. The van der Waals surface area contributed by atoms with E-state index >= 15 is 0 Å². The van der Waals surface area contributed by atoms with Gasteiger partial charge in [-0.25, -0.2) is 4.79 Å². The number of aliphatic imine (C=N–C) groups is 1. The number of halogens is 1. The molecule has 1 aliphatic carbocycles. The van der Waals surface area contributed by atoms with E-state index in [0.717, 1.165) is 54.5 Å². The molecule has 0 saturated carbocycles. The number of alkyl carbamates (subject to hydrolysis) is 1. The molecule has 0 radical (unpaired) electrons. The zero-order chi connectivity index (χ0) is 58.5. The van der Waals surface area contributed by atoms with E-state index in [1.165, 1.54) is 0 Å². The van der Waals surface area contributed by atoms with Gasteiger partial charge in [0.15, 0.2) is 5.82 Å². The van der Waals surface area contributed by atoms with Crippen LogP contribution in [-0.2, 0) is 42.9 Å². The number of carboxylic acid groups (broad SMARTS) is 1. The number of esters is 1. The molecule has 5 N–H and O–H groups in total. The average molecular weight is 1160 g/mol. The van der Waals surface area contributed by atoms with Crippen molar-refractivity contribution in [2.24, 2.45) is 4.99 Å². The van der Waals surface area contributed by atoms with Crippen molar-refractivity contribution in [1.29, 1.82) is 0 Å². The van der Waals surface area contributed by atoms with Crippen LogP contribution in [-0.4, -0.2) is 125 Å². The summed E-state index contributed by atoms with van der Waals surface area (Å²) >= 11 is 7.90. The summed E-state index contributed by atoms with van der Waals surface area (Å²) in [7, 11) is 0. The van der Waals surface area contributed by atoms with E-state index in [9.17, 15) is 33.9 Å². The summed E-state index contributed by atoms with van der Waals surface area (Å²) in [6, 6.07) is 26.8. The number of fused-ring (bicyclic) bond motifs is 6.